The first-order valence-electron chi connectivity index (χ1n) is 10.7. The Kier molecular flexibility index (Phi) is 6.00. The van der Waals surface area contributed by atoms with Gasteiger partial charge in [-0.05, 0) is 76.5 Å². The Hall–Kier alpha value is -4.11. The zero-order valence-corrected chi connectivity index (χ0v) is 20.1. The molecule has 4 amide bonds. The van der Waals surface area contributed by atoms with Gasteiger partial charge in [0.05, 0.1) is 10.2 Å². The van der Waals surface area contributed by atoms with Gasteiger partial charge in [0.25, 0.3) is 11.8 Å². The van der Waals surface area contributed by atoms with E-state index in [4.69, 9.17) is 14.2 Å². The van der Waals surface area contributed by atoms with Crippen molar-refractivity contribution in [2.45, 2.75) is 13.5 Å². The number of rotatable bonds is 5. The van der Waals surface area contributed by atoms with Gasteiger partial charge in [0.2, 0.25) is 6.79 Å². The summed E-state index contributed by atoms with van der Waals surface area (Å²) in [6.45, 7) is 2.42. The Morgan fingerprint density at radius 3 is 2.54 bits per heavy atom. The van der Waals surface area contributed by atoms with Crippen molar-refractivity contribution in [3.05, 3.63) is 87.4 Å². The van der Waals surface area contributed by atoms with Crippen LogP contribution in [0.2, 0.25) is 0 Å². The van der Waals surface area contributed by atoms with Crippen LogP contribution in [-0.4, -0.2) is 24.6 Å². The fourth-order valence-electron chi connectivity index (χ4n) is 3.67. The smallest absolute Gasteiger partial charge is 0.335 e. The molecule has 0 saturated carbocycles. The van der Waals surface area contributed by atoms with Crippen LogP contribution in [0.25, 0.3) is 6.08 Å². The van der Waals surface area contributed by atoms with E-state index >= 15 is 0 Å². The Morgan fingerprint density at radius 1 is 1.00 bits per heavy atom. The number of nitrogens with one attached hydrogen (secondary N) is 1. The first kappa shape index (κ1) is 22.7. The second-order valence-electron chi connectivity index (χ2n) is 7.96. The third-order valence-electron chi connectivity index (χ3n) is 5.49. The lowest BCUT2D eigenvalue weighted by molar-refractivity contribution is -0.122. The zero-order valence-electron chi connectivity index (χ0n) is 18.5. The summed E-state index contributed by atoms with van der Waals surface area (Å²) in [6.07, 6.45) is 1.44. The number of benzene rings is 3. The van der Waals surface area contributed by atoms with E-state index in [1.165, 1.54) is 6.08 Å². The molecular formula is C26H19BrN2O6. The van der Waals surface area contributed by atoms with Crippen LogP contribution in [0.15, 0.2) is 70.7 Å². The number of carbonyl (C=O) groups excluding carboxylic acids is 3. The van der Waals surface area contributed by atoms with Crippen molar-refractivity contribution in [2.75, 3.05) is 11.7 Å². The van der Waals surface area contributed by atoms with Gasteiger partial charge in [0.1, 0.15) is 17.9 Å². The number of urea groups is 1. The molecule has 35 heavy (non-hydrogen) atoms. The van der Waals surface area contributed by atoms with E-state index in [1.54, 1.807) is 42.5 Å². The molecule has 3 aromatic rings. The number of hydrogen-bond acceptors (Lipinski definition) is 6. The topological polar surface area (TPSA) is 94.2 Å². The summed E-state index contributed by atoms with van der Waals surface area (Å²) in [5, 5.41) is 2.23. The molecule has 9 heteroatoms. The molecule has 0 aromatic heterocycles. The number of ether oxygens (including phenoxy) is 3. The Balaban J connectivity index is 1.34. The van der Waals surface area contributed by atoms with Gasteiger partial charge in [-0.15, -0.1) is 0 Å². The van der Waals surface area contributed by atoms with Gasteiger partial charge in [0.15, 0.2) is 11.5 Å². The maximum absolute atomic E-state index is 13.0. The molecule has 1 saturated heterocycles. The zero-order chi connectivity index (χ0) is 24.5. The number of aryl methyl sites for hydroxylation is 1. The fraction of sp³-hybridized carbons (Fsp3) is 0.115. The molecule has 1 N–H and O–H groups in total. The molecule has 0 spiro atoms. The van der Waals surface area contributed by atoms with E-state index in [0.29, 0.717) is 39.6 Å². The van der Waals surface area contributed by atoms with Crippen LogP contribution in [0.1, 0.15) is 16.7 Å². The standard InChI is InChI=1S/C26H19BrN2O6/c1-15-2-6-18(7-3-15)29-25(31)19(24(30)28-26(29)32)10-16-4-8-21(20(27)11-16)33-13-17-5-9-22-23(12-17)35-14-34-22/h2-12H,13-14H2,1H3,(H,28,30,32)/b19-10+. The van der Waals surface area contributed by atoms with Gasteiger partial charge in [-0.25, -0.2) is 9.69 Å². The number of imide groups is 2. The maximum Gasteiger partial charge on any atom is 0.335 e. The summed E-state index contributed by atoms with van der Waals surface area (Å²) in [6, 6.07) is 16.9. The Labute approximate surface area is 209 Å². The molecule has 0 unspecified atom stereocenters. The minimum Gasteiger partial charge on any atom is -0.488 e. The monoisotopic (exact) mass is 534 g/mol. The molecule has 1 fully saturated rings. The molecule has 0 bridgehead atoms. The third-order valence-corrected chi connectivity index (χ3v) is 6.11. The van der Waals surface area contributed by atoms with E-state index < -0.39 is 17.8 Å². The lowest BCUT2D eigenvalue weighted by Crippen LogP contribution is -2.54. The predicted octanol–water partition coefficient (Wildman–Crippen LogP) is 4.73. The summed E-state index contributed by atoms with van der Waals surface area (Å²) in [7, 11) is 0. The first-order chi connectivity index (χ1) is 16.9. The van der Waals surface area contributed by atoms with Crippen LogP contribution in [0.5, 0.6) is 17.2 Å². The van der Waals surface area contributed by atoms with Crippen LogP contribution in [0.3, 0.4) is 0 Å². The van der Waals surface area contributed by atoms with Crippen molar-refractivity contribution in [1.82, 2.24) is 5.32 Å². The number of hydrogen-bond donors (Lipinski definition) is 1. The number of amides is 4. The van der Waals surface area contributed by atoms with E-state index in [0.717, 1.165) is 16.0 Å². The summed E-state index contributed by atoms with van der Waals surface area (Å²) in [5.74, 6) is 0.530. The van der Waals surface area contributed by atoms with Gasteiger partial charge in [-0.1, -0.05) is 29.8 Å². The second-order valence-corrected chi connectivity index (χ2v) is 8.81. The van der Waals surface area contributed by atoms with Crippen molar-refractivity contribution >= 4 is 45.5 Å². The number of nitrogens with zero attached hydrogens (tertiary/aromatic N) is 1. The summed E-state index contributed by atoms with van der Waals surface area (Å²) >= 11 is 3.48. The third kappa shape index (κ3) is 4.63. The lowest BCUT2D eigenvalue weighted by Gasteiger charge is -2.26. The molecule has 2 heterocycles. The molecular weight excluding hydrogens is 516 g/mol. The molecule has 3 aromatic carbocycles. The first-order valence-corrected chi connectivity index (χ1v) is 11.5. The largest absolute Gasteiger partial charge is 0.488 e. The number of halogens is 1. The van der Waals surface area contributed by atoms with Crippen molar-refractivity contribution in [1.29, 1.82) is 0 Å². The van der Waals surface area contributed by atoms with Gasteiger partial charge >= 0.3 is 6.03 Å². The lowest BCUT2D eigenvalue weighted by atomic mass is 10.1. The minimum absolute atomic E-state index is 0.147. The van der Waals surface area contributed by atoms with Crippen molar-refractivity contribution in [3.8, 4) is 17.2 Å². The average molecular weight is 535 g/mol. The molecule has 0 radical (unpaired) electrons. The van der Waals surface area contributed by atoms with Crippen LogP contribution >= 0.6 is 15.9 Å². The number of carbonyl (C=O) groups is 3. The highest BCUT2D eigenvalue weighted by atomic mass is 79.9. The quantitative estimate of drug-likeness (QED) is 0.375. The Bertz CT molecular complexity index is 1380. The number of barbiturate groups is 1. The van der Waals surface area contributed by atoms with Crippen LogP contribution in [0.4, 0.5) is 10.5 Å². The number of anilines is 1. The molecule has 2 aliphatic heterocycles. The van der Waals surface area contributed by atoms with Gasteiger partial charge in [0, 0.05) is 0 Å². The van der Waals surface area contributed by atoms with Crippen molar-refractivity contribution in [2.24, 2.45) is 0 Å². The molecule has 0 atom stereocenters. The average Bonchev–Trinajstić information content (AvgIpc) is 3.30. The second kappa shape index (κ2) is 9.27. The fourth-order valence-corrected chi connectivity index (χ4v) is 4.18. The van der Waals surface area contributed by atoms with Gasteiger partial charge in [-0.3, -0.25) is 14.9 Å². The van der Waals surface area contributed by atoms with Crippen molar-refractivity contribution < 1.29 is 28.6 Å². The number of fused-ring (bicyclic) bond motifs is 1. The molecule has 8 nitrogen and oxygen atoms in total. The highest BCUT2D eigenvalue weighted by molar-refractivity contribution is 9.10. The van der Waals surface area contributed by atoms with Gasteiger partial charge < -0.3 is 14.2 Å². The molecule has 5 rings (SSSR count). The highest BCUT2D eigenvalue weighted by Gasteiger charge is 2.36. The summed E-state index contributed by atoms with van der Waals surface area (Å²) < 4.78 is 17.3. The van der Waals surface area contributed by atoms with E-state index in [9.17, 15) is 14.4 Å². The van der Waals surface area contributed by atoms with E-state index in [1.807, 2.05) is 25.1 Å². The van der Waals surface area contributed by atoms with Crippen LogP contribution < -0.4 is 24.4 Å². The predicted molar refractivity (Wildman–Crippen MR) is 131 cm³/mol. The van der Waals surface area contributed by atoms with Crippen molar-refractivity contribution in [3.63, 3.8) is 0 Å². The van der Waals surface area contributed by atoms with Gasteiger partial charge in [-0.2, -0.15) is 0 Å². The van der Waals surface area contributed by atoms with Crippen LogP contribution in [-0.2, 0) is 16.2 Å². The van der Waals surface area contributed by atoms with Crippen LogP contribution in [0, 0.1) is 6.92 Å². The van der Waals surface area contributed by atoms with E-state index in [-0.39, 0.29) is 12.4 Å². The summed E-state index contributed by atoms with van der Waals surface area (Å²) in [4.78, 5) is 38.8. The Morgan fingerprint density at radius 2 is 1.77 bits per heavy atom. The van der Waals surface area contributed by atoms with E-state index in [2.05, 4.69) is 21.2 Å². The molecule has 176 valence electrons. The summed E-state index contributed by atoms with van der Waals surface area (Å²) in [5.41, 5.74) is 2.72. The highest BCUT2D eigenvalue weighted by Crippen LogP contribution is 2.34. The molecule has 0 aliphatic carbocycles. The normalized spacial score (nSPS) is 16.0. The SMILES string of the molecule is Cc1ccc(N2C(=O)NC(=O)/C(=C\c3ccc(OCc4ccc5c(c4)OCO5)c(Br)c3)C2=O)cc1. The maximum atomic E-state index is 13.0. The minimum atomic E-state index is -0.783. The molecule has 2 aliphatic rings.